The lowest BCUT2D eigenvalue weighted by Crippen LogP contribution is -2.25. The van der Waals surface area contributed by atoms with Crippen LogP contribution in [0, 0.1) is 17.0 Å². The maximum absolute atomic E-state index is 12.3. The van der Waals surface area contributed by atoms with Gasteiger partial charge in [0, 0.05) is 24.3 Å². The molecule has 0 aliphatic carbocycles. The van der Waals surface area contributed by atoms with Crippen molar-refractivity contribution in [3.05, 3.63) is 52.1 Å². The van der Waals surface area contributed by atoms with Crippen LogP contribution in [0.2, 0.25) is 0 Å². The van der Waals surface area contributed by atoms with E-state index >= 15 is 0 Å². The molecule has 1 aliphatic rings. The van der Waals surface area contributed by atoms with Crippen LogP contribution in [0.3, 0.4) is 0 Å². The van der Waals surface area contributed by atoms with Gasteiger partial charge in [-0.05, 0) is 43.2 Å². The molecule has 9 nitrogen and oxygen atoms in total. The molecule has 2 N–H and O–H groups in total. The molecule has 9 heteroatoms. The average Bonchev–Trinajstić information content (AvgIpc) is 3.13. The van der Waals surface area contributed by atoms with Gasteiger partial charge in [-0.2, -0.15) is 0 Å². The van der Waals surface area contributed by atoms with Crippen LogP contribution in [0.5, 0.6) is 5.75 Å². The third-order valence-electron chi connectivity index (χ3n) is 4.78. The predicted molar refractivity (Wildman–Crippen MR) is 110 cm³/mol. The van der Waals surface area contributed by atoms with Gasteiger partial charge in [-0.3, -0.25) is 19.7 Å². The summed E-state index contributed by atoms with van der Waals surface area (Å²) in [4.78, 5) is 36.8. The fourth-order valence-corrected chi connectivity index (χ4v) is 3.28. The molecule has 1 fully saturated rings. The van der Waals surface area contributed by atoms with Crippen molar-refractivity contribution in [2.45, 2.75) is 19.8 Å². The Hall–Kier alpha value is -3.62. The topological polar surface area (TPSA) is 114 Å². The highest BCUT2D eigenvalue weighted by Gasteiger charge is 2.24. The molecule has 0 radical (unpaired) electrons. The van der Waals surface area contributed by atoms with E-state index in [0.29, 0.717) is 18.7 Å². The summed E-state index contributed by atoms with van der Waals surface area (Å²) in [5.41, 5.74) is 2.26. The molecule has 0 saturated carbocycles. The van der Waals surface area contributed by atoms with E-state index in [1.165, 1.54) is 25.3 Å². The summed E-state index contributed by atoms with van der Waals surface area (Å²) in [6.07, 6.45) is 1.37. The monoisotopic (exact) mass is 398 g/mol. The Kier molecular flexibility index (Phi) is 5.96. The second kappa shape index (κ2) is 8.59. The molecule has 0 aromatic heterocycles. The fourth-order valence-electron chi connectivity index (χ4n) is 3.28. The SMILES string of the molecule is COc1ccc(NC(=O)CNc2cccc(N3CCCC3=O)c2C)c([N+](=O)[O-])c1. The van der Waals surface area contributed by atoms with Crippen LogP contribution in [0.4, 0.5) is 22.7 Å². The van der Waals surface area contributed by atoms with Gasteiger partial charge in [0.15, 0.2) is 0 Å². The largest absolute Gasteiger partial charge is 0.496 e. The molecule has 29 heavy (non-hydrogen) atoms. The highest BCUT2D eigenvalue weighted by Crippen LogP contribution is 2.31. The second-order valence-corrected chi connectivity index (χ2v) is 6.64. The number of amides is 2. The minimum atomic E-state index is -0.577. The number of carbonyl (C=O) groups is 2. The molecule has 3 rings (SSSR count). The van der Waals surface area contributed by atoms with Crippen molar-refractivity contribution in [3.8, 4) is 5.75 Å². The Bertz CT molecular complexity index is 960. The summed E-state index contributed by atoms with van der Waals surface area (Å²) in [5, 5.41) is 16.8. The van der Waals surface area contributed by atoms with E-state index in [1.54, 1.807) is 4.90 Å². The van der Waals surface area contributed by atoms with E-state index in [-0.39, 0.29) is 23.8 Å². The van der Waals surface area contributed by atoms with Crippen LogP contribution in [0.1, 0.15) is 18.4 Å². The standard InChI is InChI=1S/C20H22N4O5/c1-13-15(5-3-6-17(13)23-10-4-7-20(23)26)21-12-19(25)22-16-9-8-14(29-2)11-18(16)24(27)28/h3,5-6,8-9,11,21H,4,7,10,12H2,1-2H3,(H,22,25). The first kappa shape index (κ1) is 20.1. The van der Waals surface area contributed by atoms with E-state index in [4.69, 9.17) is 4.74 Å². The summed E-state index contributed by atoms with van der Waals surface area (Å²) < 4.78 is 4.99. The first-order valence-corrected chi connectivity index (χ1v) is 9.17. The number of anilines is 3. The van der Waals surface area contributed by atoms with Crippen molar-refractivity contribution in [2.24, 2.45) is 0 Å². The lowest BCUT2D eigenvalue weighted by atomic mass is 10.1. The molecule has 1 saturated heterocycles. The minimum Gasteiger partial charge on any atom is -0.496 e. The molecule has 0 unspecified atom stereocenters. The number of methoxy groups -OCH3 is 1. The number of rotatable bonds is 7. The molecular weight excluding hydrogens is 376 g/mol. The summed E-state index contributed by atoms with van der Waals surface area (Å²) in [5.74, 6) is -0.00755. The Morgan fingerprint density at radius 1 is 1.28 bits per heavy atom. The van der Waals surface area contributed by atoms with Crippen molar-refractivity contribution in [1.29, 1.82) is 0 Å². The summed E-state index contributed by atoms with van der Waals surface area (Å²) in [6.45, 7) is 2.49. The molecule has 2 aromatic carbocycles. The van der Waals surface area contributed by atoms with Crippen molar-refractivity contribution in [1.82, 2.24) is 0 Å². The number of carbonyl (C=O) groups excluding carboxylic acids is 2. The molecule has 1 heterocycles. The van der Waals surface area contributed by atoms with Gasteiger partial charge < -0.3 is 20.3 Å². The van der Waals surface area contributed by atoms with Gasteiger partial charge in [-0.1, -0.05) is 6.07 Å². The zero-order valence-corrected chi connectivity index (χ0v) is 16.2. The van der Waals surface area contributed by atoms with Crippen LogP contribution in [-0.4, -0.2) is 36.9 Å². The van der Waals surface area contributed by atoms with Gasteiger partial charge in [0.2, 0.25) is 11.8 Å². The quantitative estimate of drug-likeness (QED) is 0.547. The first-order valence-electron chi connectivity index (χ1n) is 9.17. The van der Waals surface area contributed by atoms with E-state index < -0.39 is 10.8 Å². The predicted octanol–water partition coefficient (Wildman–Crippen LogP) is 3.09. The number of benzene rings is 2. The molecule has 0 atom stereocenters. The van der Waals surface area contributed by atoms with Gasteiger partial charge in [0.05, 0.1) is 24.6 Å². The first-order chi connectivity index (χ1) is 13.9. The van der Waals surface area contributed by atoms with Crippen LogP contribution in [-0.2, 0) is 9.59 Å². The molecule has 1 aliphatic heterocycles. The number of hydrogen-bond donors (Lipinski definition) is 2. The third-order valence-corrected chi connectivity index (χ3v) is 4.78. The van der Waals surface area contributed by atoms with E-state index in [1.807, 2.05) is 25.1 Å². The molecule has 2 amide bonds. The summed E-state index contributed by atoms with van der Waals surface area (Å²) in [6, 6.07) is 9.75. The van der Waals surface area contributed by atoms with E-state index in [9.17, 15) is 19.7 Å². The third kappa shape index (κ3) is 4.45. The zero-order chi connectivity index (χ0) is 21.0. The maximum Gasteiger partial charge on any atom is 0.296 e. The van der Waals surface area contributed by atoms with Crippen molar-refractivity contribution in [3.63, 3.8) is 0 Å². The van der Waals surface area contributed by atoms with E-state index in [0.717, 1.165) is 23.4 Å². The molecule has 0 bridgehead atoms. The lowest BCUT2D eigenvalue weighted by Gasteiger charge is -2.20. The number of nitrogens with one attached hydrogen (secondary N) is 2. The van der Waals surface area contributed by atoms with Crippen LogP contribution in [0.15, 0.2) is 36.4 Å². The van der Waals surface area contributed by atoms with Gasteiger partial charge in [0.25, 0.3) is 5.69 Å². The Morgan fingerprint density at radius 3 is 2.72 bits per heavy atom. The maximum atomic E-state index is 12.3. The van der Waals surface area contributed by atoms with Gasteiger partial charge in [-0.15, -0.1) is 0 Å². The van der Waals surface area contributed by atoms with Crippen LogP contribution < -0.4 is 20.3 Å². The average molecular weight is 398 g/mol. The summed E-state index contributed by atoms with van der Waals surface area (Å²) >= 11 is 0. The lowest BCUT2D eigenvalue weighted by molar-refractivity contribution is -0.384. The minimum absolute atomic E-state index is 0.0819. The number of nitro benzene ring substituents is 1. The Morgan fingerprint density at radius 2 is 2.07 bits per heavy atom. The van der Waals surface area contributed by atoms with Gasteiger partial charge in [0.1, 0.15) is 11.4 Å². The van der Waals surface area contributed by atoms with E-state index in [2.05, 4.69) is 10.6 Å². The number of ether oxygens (including phenoxy) is 1. The molecule has 0 spiro atoms. The van der Waals surface area contributed by atoms with Crippen molar-refractivity contribution < 1.29 is 19.2 Å². The molecule has 2 aromatic rings. The van der Waals surface area contributed by atoms with Crippen molar-refractivity contribution in [2.75, 3.05) is 35.7 Å². The number of nitrogens with zero attached hydrogens (tertiary/aromatic N) is 2. The highest BCUT2D eigenvalue weighted by molar-refractivity contribution is 5.98. The van der Waals surface area contributed by atoms with Crippen molar-refractivity contribution >= 4 is 34.6 Å². The van der Waals surface area contributed by atoms with Gasteiger partial charge in [-0.25, -0.2) is 0 Å². The number of nitro groups is 1. The number of hydrogen-bond acceptors (Lipinski definition) is 6. The van der Waals surface area contributed by atoms with Crippen LogP contribution in [0.25, 0.3) is 0 Å². The fraction of sp³-hybridized carbons (Fsp3) is 0.300. The van der Waals surface area contributed by atoms with Crippen LogP contribution >= 0.6 is 0 Å². The smallest absolute Gasteiger partial charge is 0.296 e. The Balaban J connectivity index is 1.69. The van der Waals surface area contributed by atoms with Gasteiger partial charge >= 0.3 is 0 Å². The normalized spacial score (nSPS) is 13.3. The highest BCUT2D eigenvalue weighted by atomic mass is 16.6. The summed E-state index contributed by atoms with van der Waals surface area (Å²) in [7, 11) is 1.41. The molecule has 152 valence electrons. The zero-order valence-electron chi connectivity index (χ0n) is 16.2. The second-order valence-electron chi connectivity index (χ2n) is 6.64. The molecular formula is C20H22N4O5. The Labute approximate surface area is 167 Å².